The highest BCUT2D eigenvalue weighted by atomic mass is 16.5. The maximum absolute atomic E-state index is 10.6. The molecule has 34 heavy (non-hydrogen) atoms. The third-order valence-corrected chi connectivity index (χ3v) is 5.38. The van der Waals surface area contributed by atoms with Crippen LogP contribution in [0.5, 0.6) is 17.2 Å². The first kappa shape index (κ1) is 25.0. The third kappa shape index (κ3) is 7.21. The average molecular weight is 467 g/mol. The van der Waals surface area contributed by atoms with Crippen molar-refractivity contribution in [2.45, 2.75) is 18.6 Å². The highest BCUT2D eigenvalue weighted by Crippen LogP contribution is 2.26. The summed E-state index contributed by atoms with van der Waals surface area (Å²) in [5.41, 5.74) is 2.71. The van der Waals surface area contributed by atoms with Crippen LogP contribution in [-0.4, -0.2) is 48.5 Å². The molecule has 0 spiro atoms. The third-order valence-electron chi connectivity index (χ3n) is 5.38. The minimum absolute atomic E-state index is 0.0568. The number of aliphatic hydroxyl groups is 2. The molecule has 3 aromatic carbocycles. The maximum atomic E-state index is 10.6. The molecule has 2 unspecified atom stereocenters. The van der Waals surface area contributed by atoms with Crippen LogP contribution in [0, 0.1) is 0 Å². The summed E-state index contributed by atoms with van der Waals surface area (Å²) in [5, 5.41) is 35.9. The number of anilines is 1. The van der Waals surface area contributed by atoms with E-state index in [0.29, 0.717) is 30.8 Å². The van der Waals surface area contributed by atoms with E-state index in [2.05, 4.69) is 10.6 Å². The Kier molecular flexibility index (Phi) is 9.28. The number of rotatable bonds is 13. The summed E-state index contributed by atoms with van der Waals surface area (Å²) >= 11 is 0. The van der Waals surface area contributed by atoms with Crippen LogP contribution in [0.2, 0.25) is 0 Å². The first-order valence-corrected chi connectivity index (χ1v) is 11.0. The van der Waals surface area contributed by atoms with Crippen LogP contribution >= 0.6 is 0 Å². The molecular formula is C26H30N2O6. The zero-order valence-electron chi connectivity index (χ0n) is 19.0. The van der Waals surface area contributed by atoms with E-state index in [9.17, 15) is 20.1 Å². The molecular weight excluding hydrogens is 436 g/mol. The van der Waals surface area contributed by atoms with Gasteiger partial charge in [-0.3, -0.25) is 4.79 Å². The van der Waals surface area contributed by atoms with Gasteiger partial charge in [0, 0.05) is 6.54 Å². The number of benzene rings is 3. The molecule has 0 heterocycles. The van der Waals surface area contributed by atoms with Crippen LogP contribution < -0.4 is 20.1 Å². The van der Waals surface area contributed by atoms with Crippen LogP contribution in [0.3, 0.4) is 0 Å². The van der Waals surface area contributed by atoms with Gasteiger partial charge in [-0.25, -0.2) is 0 Å². The molecule has 0 fully saturated rings. The second kappa shape index (κ2) is 12.6. The molecule has 8 heteroatoms. The molecule has 2 atom stereocenters. The largest absolute Gasteiger partial charge is 0.506 e. The molecule has 0 saturated carbocycles. The van der Waals surface area contributed by atoms with Gasteiger partial charge in [-0.2, -0.15) is 0 Å². The van der Waals surface area contributed by atoms with Gasteiger partial charge in [0.05, 0.1) is 18.9 Å². The predicted octanol–water partition coefficient (Wildman–Crippen LogP) is 2.95. The summed E-state index contributed by atoms with van der Waals surface area (Å²) in [6.07, 6.45) is -0.279. The molecule has 0 aliphatic rings. The zero-order valence-corrected chi connectivity index (χ0v) is 19.0. The van der Waals surface area contributed by atoms with Gasteiger partial charge in [0.25, 0.3) is 0 Å². The van der Waals surface area contributed by atoms with Gasteiger partial charge in [-0.1, -0.05) is 30.3 Å². The van der Waals surface area contributed by atoms with Crippen molar-refractivity contribution < 1.29 is 29.6 Å². The molecule has 0 aromatic heterocycles. The van der Waals surface area contributed by atoms with Crippen molar-refractivity contribution in [3.63, 3.8) is 0 Å². The number of nitrogens with one attached hydrogen (secondary N) is 2. The van der Waals surface area contributed by atoms with Crippen LogP contribution in [0.1, 0.15) is 28.9 Å². The van der Waals surface area contributed by atoms with E-state index < -0.39 is 12.2 Å². The Labute approximate surface area is 198 Å². The Morgan fingerprint density at radius 1 is 0.912 bits per heavy atom. The number of ether oxygens (including phenoxy) is 2. The van der Waals surface area contributed by atoms with Crippen molar-refractivity contribution >= 4 is 12.1 Å². The Balaban J connectivity index is 1.40. The van der Waals surface area contributed by atoms with E-state index in [4.69, 9.17) is 9.47 Å². The van der Waals surface area contributed by atoms with Crippen molar-refractivity contribution in [3.8, 4) is 17.2 Å². The zero-order chi connectivity index (χ0) is 24.3. The van der Waals surface area contributed by atoms with E-state index in [1.54, 1.807) is 31.4 Å². The summed E-state index contributed by atoms with van der Waals surface area (Å²) < 4.78 is 10.8. The van der Waals surface area contributed by atoms with Crippen LogP contribution in [-0.2, 0) is 11.2 Å². The molecule has 0 aliphatic heterocycles. The van der Waals surface area contributed by atoms with Gasteiger partial charge in [0.2, 0.25) is 6.41 Å². The van der Waals surface area contributed by atoms with Gasteiger partial charge >= 0.3 is 0 Å². The van der Waals surface area contributed by atoms with Crippen molar-refractivity contribution in [3.05, 3.63) is 83.4 Å². The van der Waals surface area contributed by atoms with Crippen LogP contribution in [0.25, 0.3) is 0 Å². The number of aliphatic hydroxyl groups excluding tert-OH is 2. The fourth-order valence-corrected chi connectivity index (χ4v) is 3.38. The summed E-state index contributed by atoms with van der Waals surface area (Å²) in [7, 11) is 1.60. The van der Waals surface area contributed by atoms with E-state index in [1.165, 1.54) is 6.07 Å². The van der Waals surface area contributed by atoms with Gasteiger partial charge in [0.15, 0.2) is 0 Å². The number of methoxy groups -OCH3 is 1. The Hall–Kier alpha value is -3.59. The highest BCUT2D eigenvalue weighted by Gasteiger charge is 2.11. The maximum Gasteiger partial charge on any atom is 0.211 e. The van der Waals surface area contributed by atoms with E-state index >= 15 is 0 Å². The number of amides is 1. The smallest absolute Gasteiger partial charge is 0.211 e. The Morgan fingerprint density at radius 3 is 2.26 bits per heavy atom. The monoisotopic (exact) mass is 466 g/mol. The fourth-order valence-electron chi connectivity index (χ4n) is 3.38. The van der Waals surface area contributed by atoms with Crippen molar-refractivity contribution in [2.24, 2.45) is 0 Å². The molecule has 0 bridgehead atoms. The van der Waals surface area contributed by atoms with Gasteiger partial charge in [-0.15, -0.1) is 0 Å². The molecule has 0 radical (unpaired) electrons. The number of hydrogen-bond donors (Lipinski definition) is 5. The lowest BCUT2D eigenvalue weighted by molar-refractivity contribution is -0.105. The van der Waals surface area contributed by atoms with Gasteiger partial charge in [0.1, 0.15) is 30.0 Å². The quantitative estimate of drug-likeness (QED) is 0.149. The lowest BCUT2D eigenvalue weighted by Crippen LogP contribution is -2.23. The van der Waals surface area contributed by atoms with E-state index in [1.807, 2.05) is 36.4 Å². The van der Waals surface area contributed by atoms with Crippen molar-refractivity contribution in [1.82, 2.24) is 5.32 Å². The molecule has 1 amide bonds. The molecule has 3 aromatic rings. The number of carbonyl (C=O) groups is 1. The van der Waals surface area contributed by atoms with E-state index in [0.717, 1.165) is 23.3 Å². The summed E-state index contributed by atoms with van der Waals surface area (Å²) in [4.78, 5) is 10.6. The minimum atomic E-state index is -0.777. The highest BCUT2D eigenvalue weighted by molar-refractivity contribution is 5.75. The predicted molar refractivity (Wildman–Crippen MR) is 129 cm³/mol. The van der Waals surface area contributed by atoms with Gasteiger partial charge < -0.3 is 35.4 Å². The lowest BCUT2D eigenvalue weighted by Gasteiger charge is -2.14. The average Bonchev–Trinajstić information content (AvgIpc) is 2.87. The normalized spacial score (nSPS) is 12.6. The number of aromatic hydroxyl groups is 1. The molecule has 3 rings (SSSR count). The first-order chi connectivity index (χ1) is 16.5. The summed E-state index contributed by atoms with van der Waals surface area (Å²) in [6, 6.07) is 19.5. The minimum Gasteiger partial charge on any atom is -0.506 e. The molecule has 0 saturated heterocycles. The number of phenolic OH excluding ortho intramolecular Hbond substituents is 1. The summed E-state index contributed by atoms with van der Waals surface area (Å²) in [6.45, 7) is 1.13. The van der Waals surface area contributed by atoms with Crippen LogP contribution in [0.15, 0.2) is 66.7 Å². The van der Waals surface area contributed by atoms with Crippen molar-refractivity contribution in [2.75, 3.05) is 32.1 Å². The SMILES string of the molecule is COc1ccc(C(O)COc2ccc(CCNCC(O)c3ccc(O)c(NC=O)c3)cc2)cc1. The van der Waals surface area contributed by atoms with Crippen LogP contribution in [0.4, 0.5) is 5.69 Å². The number of phenols is 1. The second-order valence-electron chi connectivity index (χ2n) is 7.75. The molecule has 0 aliphatic carbocycles. The first-order valence-electron chi connectivity index (χ1n) is 11.0. The molecule has 180 valence electrons. The fraction of sp³-hybridized carbons (Fsp3) is 0.269. The topological polar surface area (TPSA) is 120 Å². The standard InChI is InChI=1S/C26H30N2O6/c1-33-21-9-4-19(5-10-21)26(32)16-34-22-7-2-18(3-8-22)12-13-27-15-25(31)20-6-11-24(30)23(14-20)28-17-29/h2-11,14,17,25-27,30-32H,12-13,15-16H2,1H3,(H,28,29). The number of hydrogen-bond acceptors (Lipinski definition) is 7. The molecule has 5 N–H and O–H groups in total. The Morgan fingerprint density at radius 2 is 1.59 bits per heavy atom. The number of carbonyl (C=O) groups excluding carboxylic acids is 1. The van der Waals surface area contributed by atoms with Gasteiger partial charge in [-0.05, 0) is 66.1 Å². The Bertz CT molecular complexity index is 1040. The second-order valence-corrected chi connectivity index (χ2v) is 7.75. The van der Waals surface area contributed by atoms with E-state index in [-0.39, 0.29) is 18.0 Å². The van der Waals surface area contributed by atoms with Crippen molar-refractivity contribution in [1.29, 1.82) is 0 Å². The summed E-state index contributed by atoms with van der Waals surface area (Å²) in [5.74, 6) is 1.35. The molecule has 8 nitrogen and oxygen atoms in total. The lowest BCUT2D eigenvalue weighted by atomic mass is 10.1.